The molecule has 0 saturated carbocycles. The first kappa shape index (κ1) is 20.9. The number of para-hydroxylation sites is 1. The van der Waals surface area contributed by atoms with E-state index in [0.29, 0.717) is 41.5 Å². The van der Waals surface area contributed by atoms with E-state index in [1.807, 2.05) is 38.1 Å². The molecule has 2 aromatic carbocycles. The number of nitrogens with one attached hydrogen (secondary N) is 1. The number of nitro groups is 1. The van der Waals surface area contributed by atoms with E-state index in [4.69, 9.17) is 4.74 Å². The molecule has 9 nitrogen and oxygen atoms in total. The van der Waals surface area contributed by atoms with Crippen LogP contribution in [-0.2, 0) is 4.79 Å². The number of benzene rings is 2. The molecule has 168 valence electrons. The Labute approximate surface area is 190 Å². The lowest BCUT2D eigenvalue weighted by molar-refractivity contribution is -0.385. The lowest BCUT2D eigenvalue weighted by Crippen LogP contribution is -2.36. The van der Waals surface area contributed by atoms with E-state index in [9.17, 15) is 14.9 Å². The highest BCUT2D eigenvalue weighted by Gasteiger charge is 2.43. The number of rotatable bonds is 4. The van der Waals surface area contributed by atoms with Crippen LogP contribution < -0.4 is 10.1 Å². The first-order valence-corrected chi connectivity index (χ1v) is 10.6. The molecule has 5 rings (SSSR count). The molecule has 0 radical (unpaired) electrons. The number of methoxy groups -OCH3 is 1. The Morgan fingerprint density at radius 2 is 1.88 bits per heavy atom. The number of Topliss-reactive ketones (excluding diaryl/α,β-unsaturated/α-hetero) is 1. The molecule has 1 N–H and O–H groups in total. The molecule has 0 fully saturated rings. The topological polar surface area (TPSA) is 112 Å². The molecule has 3 aromatic rings. The van der Waals surface area contributed by atoms with Gasteiger partial charge in [-0.3, -0.25) is 14.9 Å². The third kappa shape index (κ3) is 3.55. The molecule has 33 heavy (non-hydrogen) atoms. The molecule has 0 amide bonds. The normalized spacial score (nSPS) is 18.9. The van der Waals surface area contributed by atoms with Gasteiger partial charge in [-0.1, -0.05) is 26.0 Å². The van der Waals surface area contributed by atoms with Crippen molar-refractivity contribution in [2.45, 2.75) is 32.7 Å². The standard InChI is InChI=1S/C24H23N5O4/c1-24(2)12-17-20(19(30)13-24)21(16-6-4-5-7-18(16)29(31)32)28-23(25-17)26-22(27-28)14-8-10-15(33-3)11-9-14/h4-11,21H,12-13H2,1-3H3,(H,25,26,27). The van der Waals surface area contributed by atoms with Crippen molar-refractivity contribution in [3.8, 4) is 17.1 Å². The molecule has 1 aromatic heterocycles. The molecule has 0 saturated heterocycles. The summed E-state index contributed by atoms with van der Waals surface area (Å²) >= 11 is 0. The molecular formula is C24H23N5O4. The molecule has 2 aliphatic rings. The van der Waals surface area contributed by atoms with Gasteiger partial charge in [0.2, 0.25) is 5.95 Å². The number of fused-ring (bicyclic) bond motifs is 1. The molecule has 1 atom stereocenters. The fourth-order valence-corrected chi connectivity index (χ4v) is 4.64. The predicted molar refractivity (Wildman–Crippen MR) is 122 cm³/mol. The number of allylic oxidation sites excluding steroid dienone is 2. The van der Waals surface area contributed by atoms with Crippen molar-refractivity contribution in [2.24, 2.45) is 5.41 Å². The number of carbonyl (C=O) groups excluding carboxylic acids is 1. The summed E-state index contributed by atoms with van der Waals surface area (Å²) in [6.45, 7) is 4.08. The first-order chi connectivity index (χ1) is 15.8. The van der Waals surface area contributed by atoms with E-state index < -0.39 is 11.0 Å². The summed E-state index contributed by atoms with van der Waals surface area (Å²) in [6.07, 6.45) is 0.996. The van der Waals surface area contributed by atoms with Gasteiger partial charge < -0.3 is 10.1 Å². The second kappa shape index (κ2) is 7.54. The quantitative estimate of drug-likeness (QED) is 0.464. The van der Waals surface area contributed by atoms with Crippen LogP contribution in [-0.4, -0.2) is 32.6 Å². The minimum absolute atomic E-state index is 0.0379. The van der Waals surface area contributed by atoms with Gasteiger partial charge in [0, 0.05) is 29.3 Å². The van der Waals surface area contributed by atoms with Crippen LogP contribution >= 0.6 is 0 Å². The maximum Gasteiger partial charge on any atom is 0.275 e. The van der Waals surface area contributed by atoms with Gasteiger partial charge in [-0.25, -0.2) is 4.68 Å². The maximum atomic E-state index is 13.3. The van der Waals surface area contributed by atoms with E-state index in [2.05, 4.69) is 15.4 Å². The Bertz CT molecular complexity index is 1310. The number of ether oxygens (including phenoxy) is 1. The summed E-state index contributed by atoms with van der Waals surface area (Å²) in [5.74, 6) is 1.58. The van der Waals surface area contributed by atoms with Gasteiger partial charge in [0.1, 0.15) is 11.8 Å². The average Bonchev–Trinajstić information content (AvgIpc) is 3.20. The van der Waals surface area contributed by atoms with Gasteiger partial charge in [0.15, 0.2) is 11.6 Å². The van der Waals surface area contributed by atoms with Crippen molar-refractivity contribution in [1.29, 1.82) is 0 Å². The van der Waals surface area contributed by atoms with Crippen LogP contribution in [0.25, 0.3) is 11.4 Å². The summed E-state index contributed by atoms with van der Waals surface area (Å²) in [7, 11) is 1.60. The van der Waals surface area contributed by atoms with E-state index in [0.717, 1.165) is 11.3 Å². The van der Waals surface area contributed by atoms with Crippen LogP contribution in [0.5, 0.6) is 5.75 Å². The highest BCUT2D eigenvalue weighted by Crippen LogP contribution is 2.47. The molecule has 0 bridgehead atoms. The van der Waals surface area contributed by atoms with Crippen LogP contribution in [0.1, 0.15) is 38.3 Å². The lowest BCUT2D eigenvalue weighted by Gasteiger charge is -2.38. The van der Waals surface area contributed by atoms with Crippen molar-refractivity contribution in [1.82, 2.24) is 14.8 Å². The number of nitro benzene ring substituents is 1. The summed E-state index contributed by atoms with van der Waals surface area (Å²) in [4.78, 5) is 29.4. The minimum Gasteiger partial charge on any atom is -0.497 e. The van der Waals surface area contributed by atoms with Crippen LogP contribution in [0.4, 0.5) is 11.6 Å². The molecular weight excluding hydrogens is 422 g/mol. The Balaban J connectivity index is 1.70. The second-order valence-electron chi connectivity index (χ2n) is 9.11. The van der Waals surface area contributed by atoms with Gasteiger partial charge in [0.05, 0.1) is 17.6 Å². The third-order valence-corrected chi connectivity index (χ3v) is 6.11. The van der Waals surface area contributed by atoms with Gasteiger partial charge in [-0.05, 0) is 42.2 Å². The van der Waals surface area contributed by atoms with Gasteiger partial charge in [-0.15, -0.1) is 5.10 Å². The van der Waals surface area contributed by atoms with Crippen LogP contribution in [0.2, 0.25) is 0 Å². The zero-order valence-electron chi connectivity index (χ0n) is 18.5. The summed E-state index contributed by atoms with van der Waals surface area (Å²) < 4.78 is 6.82. The highest BCUT2D eigenvalue weighted by atomic mass is 16.6. The molecule has 1 unspecified atom stereocenters. The van der Waals surface area contributed by atoms with E-state index >= 15 is 0 Å². The SMILES string of the molecule is COc1ccc(-c2nc3n(n2)C(c2ccccc2[N+](=O)[O-])C2=C(CC(C)(C)CC2=O)N3)cc1. The largest absolute Gasteiger partial charge is 0.497 e. The van der Waals surface area contributed by atoms with Gasteiger partial charge >= 0.3 is 0 Å². The molecule has 0 spiro atoms. The fraction of sp³-hybridized carbons (Fsp3) is 0.292. The Morgan fingerprint density at radius 3 is 2.58 bits per heavy atom. The molecule has 2 heterocycles. The summed E-state index contributed by atoms with van der Waals surface area (Å²) in [6, 6.07) is 13.1. The first-order valence-electron chi connectivity index (χ1n) is 10.6. The number of carbonyl (C=O) groups is 1. The Morgan fingerprint density at radius 1 is 1.15 bits per heavy atom. The molecule has 9 heteroatoms. The molecule has 1 aliphatic carbocycles. The Kier molecular flexibility index (Phi) is 4.77. The average molecular weight is 445 g/mol. The zero-order valence-corrected chi connectivity index (χ0v) is 18.5. The maximum absolute atomic E-state index is 13.3. The van der Waals surface area contributed by atoms with Crippen molar-refractivity contribution in [3.05, 3.63) is 75.5 Å². The van der Waals surface area contributed by atoms with Crippen LogP contribution in [0.3, 0.4) is 0 Å². The number of hydrogen-bond acceptors (Lipinski definition) is 7. The lowest BCUT2D eigenvalue weighted by atomic mass is 9.73. The van der Waals surface area contributed by atoms with E-state index in [1.165, 1.54) is 6.07 Å². The number of anilines is 1. The predicted octanol–water partition coefficient (Wildman–Crippen LogP) is 4.52. The fourth-order valence-electron chi connectivity index (χ4n) is 4.64. The number of hydrogen-bond donors (Lipinski definition) is 1. The van der Waals surface area contributed by atoms with Crippen LogP contribution in [0, 0.1) is 15.5 Å². The van der Waals surface area contributed by atoms with Crippen molar-refractivity contribution in [3.63, 3.8) is 0 Å². The highest BCUT2D eigenvalue weighted by molar-refractivity contribution is 6.00. The van der Waals surface area contributed by atoms with Crippen LogP contribution in [0.15, 0.2) is 59.8 Å². The van der Waals surface area contributed by atoms with Crippen molar-refractivity contribution >= 4 is 17.4 Å². The second-order valence-corrected chi connectivity index (χ2v) is 9.11. The number of aromatic nitrogens is 3. The van der Waals surface area contributed by atoms with Crippen molar-refractivity contribution in [2.75, 3.05) is 12.4 Å². The third-order valence-electron chi connectivity index (χ3n) is 6.11. The summed E-state index contributed by atoms with van der Waals surface area (Å²) in [5, 5.41) is 19.8. The zero-order chi connectivity index (χ0) is 23.3. The van der Waals surface area contributed by atoms with Crippen molar-refractivity contribution < 1.29 is 14.5 Å². The van der Waals surface area contributed by atoms with Gasteiger partial charge in [0.25, 0.3) is 5.69 Å². The number of nitrogens with zero attached hydrogens (tertiary/aromatic N) is 4. The van der Waals surface area contributed by atoms with E-state index in [-0.39, 0.29) is 16.9 Å². The number of ketones is 1. The monoisotopic (exact) mass is 445 g/mol. The molecule has 1 aliphatic heterocycles. The van der Waals surface area contributed by atoms with E-state index in [1.54, 1.807) is 30.0 Å². The summed E-state index contributed by atoms with van der Waals surface area (Å²) in [5.41, 5.74) is 2.17. The Hall–Kier alpha value is -4.01. The van der Waals surface area contributed by atoms with Gasteiger partial charge in [-0.2, -0.15) is 4.98 Å². The minimum atomic E-state index is -0.735. The smallest absolute Gasteiger partial charge is 0.275 e.